The van der Waals surface area contributed by atoms with E-state index in [0.717, 1.165) is 6.54 Å². The second-order valence-corrected chi connectivity index (χ2v) is 6.05. The minimum Gasteiger partial charge on any atom is -0.336 e. The molecule has 1 atom stereocenters. The molecular weight excluding hydrogens is 276 g/mol. The number of aromatic nitrogens is 2. The molecule has 2 rings (SSSR count). The van der Waals surface area contributed by atoms with Crippen LogP contribution in [-0.4, -0.2) is 48.0 Å². The summed E-state index contributed by atoms with van der Waals surface area (Å²) in [5.41, 5.74) is 0. The molecule has 6 nitrogen and oxygen atoms in total. The molecule has 0 aliphatic carbocycles. The van der Waals surface area contributed by atoms with E-state index in [4.69, 9.17) is 0 Å². The third-order valence-corrected chi connectivity index (χ3v) is 4.89. The quantitative estimate of drug-likeness (QED) is 0.871. The third kappa shape index (κ3) is 2.85. The zero-order valence-electron chi connectivity index (χ0n) is 10.5. The molecule has 1 aromatic heterocycles. The van der Waals surface area contributed by atoms with E-state index in [1.807, 2.05) is 13.8 Å². The Kier molecular flexibility index (Phi) is 5.15. The molecule has 0 radical (unpaired) electrons. The first-order valence-corrected chi connectivity index (χ1v) is 7.24. The van der Waals surface area contributed by atoms with E-state index in [0.29, 0.717) is 19.6 Å². The number of hydrogen-bond donors (Lipinski definition) is 1. The van der Waals surface area contributed by atoms with Crippen LogP contribution in [0.4, 0.5) is 0 Å². The summed E-state index contributed by atoms with van der Waals surface area (Å²) in [6, 6.07) is -0.0273. The molecule has 0 saturated carbocycles. The van der Waals surface area contributed by atoms with Gasteiger partial charge < -0.3 is 9.88 Å². The summed E-state index contributed by atoms with van der Waals surface area (Å²) in [5.74, 6) is 0. The molecule has 1 aliphatic heterocycles. The van der Waals surface area contributed by atoms with Crippen LogP contribution in [0.1, 0.15) is 13.8 Å². The van der Waals surface area contributed by atoms with Crippen molar-refractivity contribution in [2.45, 2.75) is 31.5 Å². The lowest BCUT2D eigenvalue weighted by atomic mass is 10.3. The first kappa shape index (κ1) is 15.4. The summed E-state index contributed by atoms with van der Waals surface area (Å²) >= 11 is 0. The molecule has 1 unspecified atom stereocenters. The van der Waals surface area contributed by atoms with Crippen molar-refractivity contribution in [2.24, 2.45) is 0 Å². The smallest absolute Gasteiger partial charge is 0.262 e. The highest BCUT2D eigenvalue weighted by Gasteiger charge is 2.32. The van der Waals surface area contributed by atoms with Crippen molar-refractivity contribution in [3.05, 3.63) is 12.5 Å². The van der Waals surface area contributed by atoms with Gasteiger partial charge in [-0.25, -0.2) is 13.4 Å². The van der Waals surface area contributed by atoms with Gasteiger partial charge in [0.1, 0.15) is 0 Å². The van der Waals surface area contributed by atoms with Gasteiger partial charge in [0.05, 0.1) is 6.33 Å². The van der Waals surface area contributed by atoms with Crippen LogP contribution in [0.5, 0.6) is 0 Å². The predicted octanol–water partition coefficient (Wildman–Crippen LogP) is 0.307. The Bertz CT molecular complexity index is 488. The fraction of sp³-hybridized carbons (Fsp3) is 0.700. The first-order chi connectivity index (χ1) is 8.05. The van der Waals surface area contributed by atoms with Crippen LogP contribution in [-0.2, 0) is 16.6 Å². The number of aryl methyl sites for hydroxylation is 1. The predicted molar refractivity (Wildman–Crippen MR) is 71.4 cm³/mol. The van der Waals surface area contributed by atoms with E-state index in [1.54, 1.807) is 17.1 Å². The summed E-state index contributed by atoms with van der Waals surface area (Å²) in [6.07, 6.45) is 3.14. The third-order valence-electron chi connectivity index (χ3n) is 2.99. The molecule has 18 heavy (non-hydrogen) atoms. The summed E-state index contributed by atoms with van der Waals surface area (Å²) in [4.78, 5) is 3.98. The molecule has 0 amide bonds. The van der Waals surface area contributed by atoms with E-state index < -0.39 is 10.0 Å². The molecule has 104 valence electrons. The van der Waals surface area contributed by atoms with Crippen LogP contribution in [0.3, 0.4) is 0 Å². The largest absolute Gasteiger partial charge is 0.336 e. The lowest BCUT2D eigenvalue weighted by molar-refractivity contribution is 0.283. The number of halogens is 1. The summed E-state index contributed by atoms with van der Waals surface area (Å²) < 4.78 is 28.0. The van der Waals surface area contributed by atoms with Gasteiger partial charge >= 0.3 is 0 Å². The Morgan fingerprint density at radius 2 is 2.28 bits per heavy atom. The molecule has 0 bridgehead atoms. The van der Waals surface area contributed by atoms with Gasteiger partial charge in [-0.2, -0.15) is 4.31 Å². The van der Waals surface area contributed by atoms with Gasteiger partial charge in [0.25, 0.3) is 10.0 Å². The Morgan fingerprint density at radius 3 is 2.83 bits per heavy atom. The van der Waals surface area contributed by atoms with Crippen molar-refractivity contribution < 1.29 is 8.42 Å². The minimum absolute atomic E-state index is 0. The fourth-order valence-corrected chi connectivity index (χ4v) is 3.51. The van der Waals surface area contributed by atoms with Gasteiger partial charge in [-0.3, -0.25) is 0 Å². The molecular formula is C10H19ClN4O2S. The van der Waals surface area contributed by atoms with Crippen molar-refractivity contribution >= 4 is 22.4 Å². The van der Waals surface area contributed by atoms with Crippen LogP contribution < -0.4 is 5.32 Å². The normalized spacial score (nSPS) is 21.6. The number of sulfonamides is 1. The number of piperazine rings is 1. The SMILES string of the molecule is CCn1cnc(S(=O)(=O)N2CCNCC2C)c1.Cl. The van der Waals surface area contributed by atoms with Gasteiger partial charge in [0.2, 0.25) is 0 Å². The Labute approximate surface area is 114 Å². The van der Waals surface area contributed by atoms with E-state index in [9.17, 15) is 8.42 Å². The van der Waals surface area contributed by atoms with Gasteiger partial charge in [-0.1, -0.05) is 0 Å². The van der Waals surface area contributed by atoms with Gasteiger partial charge in [0, 0.05) is 38.4 Å². The van der Waals surface area contributed by atoms with Crippen molar-refractivity contribution in [2.75, 3.05) is 19.6 Å². The van der Waals surface area contributed by atoms with E-state index in [2.05, 4.69) is 10.3 Å². The average Bonchev–Trinajstić information content (AvgIpc) is 2.78. The summed E-state index contributed by atoms with van der Waals surface area (Å²) in [5, 5.41) is 3.32. The maximum Gasteiger partial charge on any atom is 0.262 e. The average molecular weight is 295 g/mol. The maximum atomic E-state index is 12.3. The molecule has 0 aromatic carbocycles. The number of hydrogen-bond acceptors (Lipinski definition) is 4. The van der Waals surface area contributed by atoms with Gasteiger partial charge in [0.15, 0.2) is 5.03 Å². The van der Waals surface area contributed by atoms with Crippen molar-refractivity contribution in [1.82, 2.24) is 19.2 Å². The Hall–Kier alpha value is -0.630. The molecule has 1 saturated heterocycles. The highest BCUT2D eigenvalue weighted by molar-refractivity contribution is 7.89. The lowest BCUT2D eigenvalue weighted by Crippen LogP contribution is -2.52. The van der Waals surface area contributed by atoms with Gasteiger partial charge in [-0.05, 0) is 13.8 Å². The standard InChI is InChI=1S/C10H18N4O2S.ClH/c1-3-13-7-10(12-8-13)17(15,16)14-5-4-11-6-9(14)2;/h7-9,11H,3-6H2,1-2H3;1H. The Morgan fingerprint density at radius 1 is 1.56 bits per heavy atom. The molecule has 0 spiro atoms. The Balaban J connectivity index is 0.00000162. The first-order valence-electron chi connectivity index (χ1n) is 5.80. The maximum absolute atomic E-state index is 12.3. The molecule has 8 heteroatoms. The monoisotopic (exact) mass is 294 g/mol. The number of nitrogens with zero attached hydrogens (tertiary/aromatic N) is 3. The zero-order valence-corrected chi connectivity index (χ0v) is 12.2. The molecule has 2 heterocycles. The zero-order chi connectivity index (χ0) is 12.5. The van der Waals surface area contributed by atoms with E-state index in [1.165, 1.54) is 4.31 Å². The number of nitrogens with one attached hydrogen (secondary N) is 1. The number of rotatable bonds is 3. The van der Waals surface area contributed by atoms with Crippen LogP contribution in [0.2, 0.25) is 0 Å². The number of imidazole rings is 1. The second kappa shape index (κ2) is 6.01. The van der Waals surface area contributed by atoms with Crippen molar-refractivity contribution in [3.63, 3.8) is 0 Å². The topological polar surface area (TPSA) is 67.2 Å². The van der Waals surface area contributed by atoms with E-state index in [-0.39, 0.29) is 23.5 Å². The van der Waals surface area contributed by atoms with Crippen LogP contribution in [0.15, 0.2) is 17.6 Å². The second-order valence-electron chi connectivity index (χ2n) is 4.21. The fourth-order valence-electron chi connectivity index (χ4n) is 1.95. The molecule has 1 N–H and O–H groups in total. The van der Waals surface area contributed by atoms with Crippen LogP contribution in [0, 0.1) is 0 Å². The summed E-state index contributed by atoms with van der Waals surface area (Å²) in [6.45, 7) is 6.46. The molecule has 1 aromatic rings. The van der Waals surface area contributed by atoms with E-state index >= 15 is 0 Å². The lowest BCUT2D eigenvalue weighted by Gasteiger charge is -2.32. The summed E-state index contributed by atoms with van der Waals surface area (Å²) in [7, 11) is -3.44. The van der Waals surface area contributed by atoms with Crippen LogP contribution >= 0.6 is 12.4 Å². The molecule has 1 aliphatic rings. The van der Waals surface area contributed by atoms with Gasteiger partial charge in [-0.15, -0.1) is 12.4 Å². The highest BCUT2D eigenvalue weighted by atomic mass is 35.5. The minimum atomic E-state index is -3.44. The highest BCUT2D eigenvalue weighted by Crippen LogP contribution is 2.17. The van der Waals surface area contributed by atoms with Crippen molar-refractivity contribution in [3.8, 4) is 0 Å². The molecule has 1 fully saturated rings. The van der Waals surface area contributed by atoms with Crippen LogP contribution in [0.25, 0.3) is 0 Å². The van der Waals surface area contributed by atoms with Crippen molar-refractivity contribution in [1.29, 1.82) is 0 Å².